The number of benzene rings is 2. The van der Waals surface area contributed by atoms with Gasteiger partial charge in [-0.05, 0) is 36.4 Å². The SMILES string of the molecule is NC(=O)c1c(-c2ccc(F)c(Cl)c2)nn2c1CN(C(=O)Nc1cccc(F)c1)CC2. The first-order chi connectivity index (χ1) is 14.3. The maximum absolute atomic E-state index is 13.5. The van der Waals surface area contributed by atoms with Crippen molar-refractivity contribution in [1.29, 1.82) is 0 Å². The van der Waals surface area contributed by atoms with E-state index in [0.717, 1.165) is 0 Å². The Labute approximate surface area is 175 Å². The topological polar surface area (TPSA) is 93.2 Å². The predicted molar refractivity (Wildman–Crippen MR) is 107 cm³/mol. The normalized spacial score (nSPS) is 13.1. The number of anilines is 1. The van der Waals surface area contributed by atoms with Crippen molar-refractivity contribution in [3.8, 4) is 11.3 Å². The highest BCUT2D eigenvalue weighted by molar-refractivity contribution is 6.31. The lowest BCUT2D eigenvalue weighted by Crippen LogP contribution is -2.41. The molecule has 3 amide bonds. The fourth-order valence-corrected chi connectivity index (χ4v) is 3.54. The lowest BCUT2D eigenvalue weighted by molar-refractivity contribution is 0.0997. The number of fused-ring (bicyclic) bond motifs is 1. The van der Waals surface area contributed by atoms with Gasteiger partial charge in [-0.1, -0.05) is 17.7 Å². The lowest BCUT2D eigenvalue weighted by atomic mass is 10.0. The summed E-state index contributed by atoms with van der Waals surface area (Å²) < 4.78 is 28.5. The van der Waals surface area contributed by atoms with Gasteiger partial charge in [0, 0.05) is 17.8 Å². The number of hydrogen-bond acceptors (Lipinski definition) is 3. The molecule has 0 unspecified atom stereocenters. The van der Waals surface area contributed by atoms with Crippen LogP contribution in [0.1, 0.15) is 16.1 Å². The molecule has 0 radical (unpaired) electrons. The molecule has 0 aliphatic carbocycles. The van der Waals surface area contributed by atoms with Crippen LogP contribution in [0.2, 0.25) is 5.02 Å². The molecule has 0 fully saturated rings. The fraction of sp³-hybridized carbons (Fsp3) is 0.150. The number of carbonyl (C=O) groups excluding carboxylic acids is 2. The Morgan fingerprint density at radius 2 is 1.93 bits per heavy atom. The smallest absolute Gasteiger partial charge is 0.322 e. The summed E-state index contributed by atoms with van der Waals surface area (Å²) >= 11 is 5.86. The van der Waals surface area contributed by atoms with Crippen LogP contribution in [0.5, 0.6) is 0 Å². The minimum Gasteiger partial charge on any atom is -0.365 e. The summed E-state index contributed by atoms with van der Waals surface area (Å²) in [5.74, 6) is -1.78. The van der Waals surface area contributed by atoms with Crippen molar-refractivity contribution in [1.82, 2.24) is 14.7 Å². The van der Waals surface area contributed by atoms with Crippen molar-refractivity contribution in [3.05, 3.63) is 70.4 Å². The quantitative estimate of drug-likeness (QED) is 0.663. The number of urea groups is 1. The highest BCUT2D eigenvalue weighted by atomic mass is 35.5. The third-order valence-corrected chi connectivity index (χ3v) is 5.07. The third-order valence-electron chi connectivity index (χ3n) is 4.78. The van der Waals surface area contributed by atoms with Crippen LogP contribution in [0.4, 0.5) is 19.3 Å². The zero-order valence-corrected chi connectivity index (χ0v) is 16.3. The fourth-order valence-electron chi connectivity index (χ4n) is 3.36. The molecule has 1 aliphatic heterocycles. The molecule has 0 saturated heterocycles. The molecule has 7 nitrogen and oxygen atoms in total. The van der Waals surface area contributed by atoms with Crippen LogP contribution >= 0.6 is 11.6 Å². The first-order valence-corrected chi connectivity index (χ1v) is 9.37. The monoisotopic (exact) mass is 431 g/mol. The minimum absolute atomic E-state index is 0.0708. The number of carbonyl (C=O) groups is 2. The van der Waals surface area contributed by atoms with E-state index in [0.29, 0.717) is 30.0 Å². The second kappa shape index (κ2) is 7.75. The van der Waals surface area contributed by atoms with Gasteiger partial charge in [0.1, 0.15) is 17.3 Å². The van der Waals surface area contributed by atoms with Gasteiger partial charge in [-0.15, -0.1) is 0 Å². The first kappa shape index (κ1) is 19.8. The predicted octanol–water partition coefficient (Wildman–Crippen LogP) is 3.63. The molecule has 30 heavy (non-hydrogen) atoms. The summed E-state index contributed by atoms with van der Waals surface area (Å²) in [6, 6.07) is 9.09. The number of nitrogens with two attached hydrogens (primary N) is 1. The first-order valence-electron chi connectivity index (χ1n) is 9.00. The van der Waals surface area contributed by atoms with E-state index in [1.807, 2.05) is 0 Å². The number of aromatic nitrogens is 2. The van der Waals surface area contributed by atoms with Crippen LogP contribution < -0.4 is 11.1 Å². The van der Waals surface area contributed by atoms with E-state index in [1.54, 1.807) is 10.7 Å². The molecular formula is C20H16ClF2N5O2. The number of primary amides is 1. The van der Waals surface area contributed by atoms with Gasteiger partial charge < -0.3 is 16.0 Å². The Hall–Kier alpha value is -3.46. The summed E-state index contributed by atoms with van der Waals surface area (Å²) in [6.45, 7) is 0.708. The molecule has 3 aromatic rings. The summed E-state index contributed by atoms with van der Waals surface area (Å²) in [6.07, 6.45) is 0. The van der Waals surface area contributed by atoms with Crippen LogP contribution in [0, 0.1) is 11.6 Å². The van der Waals surface area contributed by atoms with Crippen LogP contribution in [0.15, 0.2) is 42.5 Å². The minimum atomic E-state index is -0.723. The average molecular weight is 432 g/mol. The molecule has 2 aromatic carbocycles. The van der Waals surface area contributed by atoms with Gasteiger partial charge in [-0.25, -0.2) is 13.6 Å². The van der Waals surface area contributed by atoms with Gasteiger partial charge in [0.15, 0.2) is 0 Å². The van der Waals surface area contributed by atoms with E-state index in [1.165, 1.54) is 41.3 Å². The summed E-state index contributed by atoms with van der Waals surface area (Å²) in [4.78, 5) is 26.3. The summed E-state index contributed by atoms with van der Waals surface area (Å²) in [7, 11) is 0. The number of nitrogens with zero attached hydrogens (tertiary/aromatic N) is 3. The van der Waals surface area contributed by atoms with E-state index in [2.05, 4.69) is 10.4 Å². The van der Waals surface area contributed by atoms with Crippen molar-refractivity contribution in [2.75, 3.05) is 11.9 Å². The molecule has 0 atom stereocenters. The van der Waals surface area contributed by atoms with Crippen LogP contribution in [-0.4, -0.2) is 33.2 Å². The highest BCUT2D eigenvalue weighted by Gasteiger charge is 2.30. The molecule has 154 valence electrons. The molecule has 0 bridgehead atoms. The number of hydrogen-bond donors (Lipinski definition) is 2. The molecule has 4 rings (SSSR count). The molecule has 0 saturated carbocycles. The lowest BCUT2D eigenvalue weighted by Gasteiger charge is -2.28. The molecule has 1 aliphatic rings. The van der Waals surface area contributed by atoms with Crippen LogP contribution in [-0.2, 0) is 13.1 Å². The Kier molecular flexibility index (Phi) is 5.13. The van der Waals surface area contributed by atoms with E-state index in [-0.39, 0.29) is 22.8 Å². The molecule has 3 N–H and O–H groups in total. The van der Waals surface area contributed by atoms with Crippen molar-refractivity contribution >= 4 is 29.2 Å². The zero-order valence-electron chi connectivity index (χ0n) is 15.5. The van der Waals surface area contributed by atoms with Crippen LogP contribution in [0.25, 0.3) is 11.3 Å². The van der Waals surface area contributed by atoms with E-state index in [9.17, 15) is 18.4 Å². The van der Waals surface area contributed by atoms with Gasteiger partial charge in [0.25, 0.3) is 5.91 Å². The largest absolute Gasteiger partial charge is 0.365 e. The van der Waals surface area contributed by atoms with Crippen molar-refractivity contribution in [3.63, 3.8) is 0 Å². The van der Waals surface area contributed by atoms with Crippen molar-refractivity contribution in [2.45, 2.75) is 13.1 Å². The van der Waals surface area contributed by atoms with Gasteiger partial charge in [-0.2, -0.15) is 5.10 Å². The van der Waals surface area contributed by atoms with Gasteiger partial charge >= 0.3 is 6.03 Å². The van der Waals surface area contributed by atoms with Crippen LogP contribution in [0.3, 0.4) is 0 Å². The van der Waals surface area contributed by atoms with E-state index < -0.39 is 23.6 Å². The van der Waals surface area contributed by atoms with Gasteiger partial charge in [0.2, 0.25) is 0 Å². The molecule has 2 heterocycles. The Balaban J connectivity index is 1.64. The molecular weight excluding hydrogens is 416 g/mol. The number of halogens is 3. The molecule has 1 aromatic heterocycles. The molecule has 0 spiro atoms. The zero-order chi connectivity index (χ0) is 21.4. The molecule has 10 heteroatoms. The number of amides is 3. The Morgan fingerprint density at radius 3 is 2.63 bits per heavy atom. The number of rotatable bonds is 3. The second-order valence-electron chi connectivity index (χ2n) is 6.75. The maximum atomic E-state index is 13.5. The standard InChI is InChI=1S/C20H16ClF2N5O2/c21-14-8-11(4-5-15(14)23)18-17(19(24)29)16-10-27(6-7-28(16)26-18)20(30)25-13-3-1-2-12(22)9-13/h1-5,8-9H,6-7,10H2,(H2,24,29)(H,25,30). The van der Waals surface area contributed by atoms with Crippen molar-refractivity contribution < 1.29 is 18.4 Å². The summed E-state index contributed by atoms with van der Waals surface area (Å²) in [5.41, 5.74) is 7.21. The van der Waals surface area contributed by atoms with E-state index >= 15 is 0 Å². The van der Waals surface area contributed by atoms with Gasteiger partial charge in [0.05, 0.1) is 29.4 Å². The average Bonchev–Trinajstić information content (AvgIpc) is 3.09. The number of nitrogens with one attached hydrogen (secondary N) is 1. The Morgan fingerprint density at radius 1 is 1.13 bits per heavy atom. The maximum Gasteiger partial charge on any atom is 0.322 e. The second-order valence-corrected chi connectivity index (χ2v) is 7.16. The van der Waals surface area contributed by atoms with E-state index in [4.69, 9.17) is 17.3 Å². The summed E-state index contributed by atoms with van der Waals surface area (Å²) in [5, 5.41) is 6.95. The van der Waals surface area contributed by atoms with Crippen molar-refractivity contribution in [2.24, 2.45) is 5.73 Å². The highest BCUT2D eigenvalue weighted by Crippen LogP contribution is 2.30. The Bertz CT molecular complexity index is 1160. The third kappa shape index (κ3) is 3.71. The van der Waals surface area contributed by atoms with Gasteiger partial charge in [-0.3, -0.25) is 9.48 Å².